The number of allylic oxidation sites excluding steroid dienone is 2. The van der Waals surface area contributed by atoms with Gasteiger partial charge in [-0.1, -0.05) is 49.0 Å². The Labute approximate surface area is 217 Å². The maximum Gasteiger partial charge on any atom is 0.227 e. The van der Waals surface area contributed by atoms with E-state index in [0.717, 1.165) is 45.5 Å². The van der Waals surface area contributed by atoms with E-state index in [1.807, 2.05) is 54.1 Å². The molecule has 2 aromatic carbocycles. The normalized spacial score (nSPS) is 17.0. The number of fused-ring (bicyclic) bond motifs is 1. The van der Waals surface area contributed by atoms with Gasteiger partial charge in [0.2, 0.25) is 11.1 Å². The van der Waals surface area contributed by atoms with Gasteiger partial charge in [-0.15, -0.1) is 5.10 Å². The number of benzene rings is 2. The quantitative estimate of drug-likeness (QED) is 0.334. The van der Waals surface area contributed by atoms with E-state index in [1.165, 1.54) is 0 Å². The fourth-order valence-corrected chi connectivity index (χ4v) is 5.64. The minimum Gasteiger partial charge on any atom is -0.490 e. The molecule has 2 aliphatic rings. The van der Waals surface area contributed by atoms with Crippen molar-refractivity contribution >= 4 is 39.4 Å². The fraction of sp³-hybridized carbons (Fsp3) is 0.346. The van der Waals surface area contributed by atoms with Gasteiger partial charge < -0.3 is 14.8 Å². The molecule has 1 atom stereocenters. The molecular formula is C26H27BrN4O3S. The van der Waals surface area contributed by atoms with Crippen LogP contribution in [0.1, 0.15) is 50.3 Å². The summed E-state index contributed by atoms with van der Waals surface area (Å²) in [6, 6.07) is 13.6. The second kappa shape index (κ2) is 10.5. The molecule has 1 aliphatic heterocycles. The Morgan fingerprint density at radius 2 is 2.00 bits per heavy atom. The lowest BCUT2D eigenvalue weighted by atomic mass is 9.85. The first kappa shape index (κ1) is 23.9. The lowest BCUT2D eigenvalue weighted by Gasteiger charge is -2.32. The number of thioether (sulfide) groups is 1. The van der Waals surface area contributed by atoms with Crippen molar-refractivity contribution in [2.24, 2.45) is 0 Å². The molecule has 0 amide bonds. The number of hydrogen-bond acceptors (Lipinski definition) is 7. The summed E-state index contributed by atoms with van der Waals surface area (Å²) in [4.78, 5) is 17.8. The molecule has 0 radical (unpaired) electrons. The first-order valence-corrected chi connectivity index (χ1v) is 13.6. The van der Waals surface area contributed by atoms with Gasteiger partial charge in [0.1, 0.15) is 12.6 Å². The molecule has 182 valence electrons. The second-order valence-corrected chi connectivity index (χ2v) is 10.4. The molecule has 0 saturated heterocycles. The molecule has 0 bridgehead atoms. The van der Waals surface area contributed by atoms with Crippen molar-refractivity contribution in [2.45, 2.75) is 50.9 Å². The van der Waals surface area contributed by atoms with Crippen molar-refractivity contribution in [2.75, 3.05) is 17.7 Å². The predicted octanol–water partition coefficient (Wildman–Crippen LogP) is 6.15. The van der Waals surface area contributed by atoms with Crippen LogP contribution in [0.4, 0.5) is 5.95 Å². The SMILES string of the molecule is CCOc1cc(C2C3=C(CCCC3=O)Nc3nc(SCC)nn32)cc(Br)c1OCc1ccccc1. The third-order valence-electron chi connectivity index (χ3n) is 6.00. The Hall–Kier alpha value is -2.78. The number of hydrogen-bond donors (Lipinski definition) is 1. The molecule has 35 heavy (non-hydrogen) atoms. The third-order valence-corrected chi connectivity index (χ3v) is 7.30. The molecular weight excluding hydrogens is 528 g/mol. The number of carbonyl (C=O) groups excluding carboxylic acids is 1. The van der Waals surface area contributed by atoms with Gasteiger partial charge in [-0.3, -0.25) is 4.79 Å². The lowest BCUT2D eigenvalue weighted by molar-refractivity contribution is -0.116. The van der Waals surface area contributed by atoms with Gasteiger partial charge in [0.05, 0.1) is 11.1 Å². The number of nitrogens with zero attached hydrogens (tertiary/aromatic N) is 3. The van der Waals surface area contributed by atoms with Gasteiger partial charge in [-0.25, -0.2) is 4.68 Å². The van der Waals surface area contributed by atoms with E-state index >= 15 is 0 Å². The molecule has 3 aromatic rings. The number of nitrogens with one attached hydrogen (secondary N) is 1. The van der Waals surface area contributed by atoms with Gasteiger partial charge in [-0.05, 0) is 64.7 Å². The maximum absolute atomic E-state index is 13.1. The van der Waals surface area contributed by atoms with Crippen LogP contribution in [0.25, 0.3) is 0 Å². The number of ether oxygens (including phenoxy) is 2. The topological polar surface area (TPSA) is 78.3 Å². The minimum atomic E-state index is -0.383. The zero-order valence-electron chi connectivity index (χ0n) is 19.7. The third kappa shape index (κ3) is 4.84. The average molecular weight is 555 g/mol. The summed E-state index contributed by atoms with van der Waals surface area (Å²) in [5.41, 5.74) is 3.67. The van der Waals surface area contributed by atoms with Crippen LogP contribution in [-0.2, 0) is 11.4 Å². The Balaban J connectivity index is 1.58. The van der Waals surface area contributed by atoms with Crippen molar-refractivity contribution in [3.63, 3.8) is 0 Å². The van der Waals surface area contributed by atoms with E-state index in [-0.39, 0.29) is 11.8 Å². The molecule has 5 rings (SSSR count). The molecule has 0 saturated carbocycles. The summed E-state index contributed by atoms with van der Waals surface area (Å²) in [5, 5.41) is 8.83. The van der Waals surface area contributed by atoms with Gasteiger partial charge in [0.15, 0.2) is 17.3 Å². The first-order chi connectivity index (χ1) is 17.1. The van der Waals surface area contributed by atoms with Crippen molar-refractivity contribution < 1.29 is 14.3 Å². The molecule has 9 heteroatoms. The molecule has 7 nitrogen and oxygen atoms in total. The summed E-state index contributed by atoms with van der Waals surface area (Å²) < 4.78 is 14.8. The lowest BCUT2D eigenvalue weighted by Crippen LogP contribution is -2.31. The van der Waals surface area contributed by atoms with E-state index in [1.54, 1.807) is 11.8 Å². The fourth-order valence-electron chi connectivity index (χ4n) is 4.51. The molecule has 0 fully saturated rings. The van der Waals surface area contributed by atoms with Crippen molar-refractivity contribution in [3.8, 4) is 11.5 Å². The Kier molecular flexibility index (Phi) is 7.15. The monoisotopic (exact) mass is 554 g/mol. The van der Waals surface area contributed by atoms with E-state index in [0.29, 0.717) is 42.2 Å². The van der Waals surface area contributed by atoms with E-state index in [2.05, 4.69) is 33.2 Å². The summed E-state index contributed by atoms with van der Waals surface area (Å²) in [7, 11) is 0. The summed E-state index contributed by atoms with van der Waals surface area (Å²) in [5.74, 6) is 2.94. The highest BCUT2D eigenvalue weighted by Crippen LogP contribution is 2.45. The highest BCUT2D eigenvalue weighted by Gasteiger charge is 2.37. The number of carbonyl (C=O) groups is 1. The standard InChI is InChI=1S/C26H27BrN4O3S/c1-3-33-21-14-17(13-18(27)24(21)34-15-16-9-6-5-7-10-16)23-22-19(11-8-12-20(22)32)28-25-29-26(35-4-2)30-31(23)25/h5-7,9-10,13-14,23H,3-4,8,11-12,15H2,1-2H3,(H,28,29,30). The van der Waals surface area contributed by atoms with Crippen LogP contribution in [0.2, 0.25) is 0 Å². The zero-order valence-corrected chi connectivity index (χ0v) is 22.1. The van der Waals surface area contributed by atoms with Crippen LogP contribution in [0.5, 0.6) is 11.5 Å². The Morgan fingerprint density at radius 1 is 1.17 bits per heavy atom. The Morgan fingerprint density at radius 3 is 2.77 bits per heavy atom. The largest absolute Gasteiger partial charge is 0.490 e. The first-order valence-electron chi connectivity index (χ1n) is 11.8. The second-order valence-electron chi connectivity index (χ2n) is 8.33. The Bertz CT molecular complexity index is 1280. The molecule has 1 aliphatic carbocycles. The predicted molar refractivity (Wildman–Crippen MR) is 140 cm³/mol. The van der Waals surface area contributed by atoms with E-state index in [9.17, 15) is 4.79 Å². The van der Waals surface area contributed by atoms with Crippen LogP contribution in [0.3, 0.4) is 0 Å². The number of ketones is 1. The average Bonchev–Trinajstić information content (AvgIpc) is 3.25. The zero-order chi connectivity index (χ0) is 24.4. The summed E-state index contributed by atoms with van der Waals surface area (Å²) >= 11 is 5.29. The van der Waals surface area contributed by atoms with Gasteiger partial charge in [0.25, 0.3) is 0 Å². The van der Waals surface area contributed by atoms with Gasteiger partial charge in [0, 0.05) is 17.7 Å². The number of Topliss-reactive ketones (excluding diaryl/α,β-unsaturated/α-hetero) is 1. The molecule has 1 unspecified atom stereocenters. The smallest absolute Gasteiger partial charge is 0.227 e. The van der Waals surface area contributed by atoms with Crippen LogP contribution in [-0.4, -0.2) is 32.9 Å². The molecule has 1 N–H and O–H groups in total. The summed E-state index contributed by atoms with van der Waals surface area (Å²) in [6.45, 7) is 4.93. The minimum absolute atomic E-state index is 0.146. The van der Waals surface area contributed by atoms with Crippen molar-refractivity contribution in [3.05, 3.63) is 69.3 Å². The highest BCUT2D eigenvalue weighted by atomic mass is 79.9. The maximum atomic E-state index is 13.1. The molecule has 1 aromatic heterocycles. The number of anilines is 1. The van der Waals surface area contributed by atoms with Crippen LogP contribution in [0, 0.1) is 0 Å². The van der Waals surface area contributed by atoms with Crippen molar-refractivity contribution in [1.29, 1.82) is 0 Å². The van der Waals surface area contributed by atoms with Crippen LogP contribution in [0.15, 0.2) is 63.4 Å². The van der Waals surface area contributed by atoms with Gasteiger partial charge in [-0.2, -0.15) is 4.98 Å². The number of aromatic nitrogens is 3. The van der Waals surface area contributed by atoms with Crippen LogP contribution >= 0.6 is 27.7 Å². The number of halogens is 1. The number of rotatable bonds is 8. The summed E-state index contributed by atoms with van der Waals surface area (Å²) in [6.07, 6.45) is 2.19. The highest BCUT2D eigenvalue weighted by molar-refractivity contribution is 9.10. The van der Waals surface area contributed by atoms with Crippen molar-refractivity contribution in [1.82, 2.24) is 14.8 Å². The van der Waals surface area contributed by atoms with Crippen LogP contribution < -0.4 is 14.8 Å². The van der Waals surface area contributed by atoms with Gasteiger partial charge >= 0.3 is 0 Å². The molecule has 0 spiro atoms. The molecule has 2 heterocycles. The van der Waals surface area contributed by atoms with E-state index in [4.69, 9.17) is 14.6 Å². The van der Waals surface area contributed by atoms with E-state index < -0.39 is 0 Å².